The Morgan fingerprint density at radius 1 is 1.19 bits per heavy atom. The zero-order valence-electron chi connectivity index (χ0n) is 13.9. The molecule has 0 aliphatic carbocycles. The first-order chi connectivity index (χ1) is 12.6. The van der Waals surface area contributed by atoms with Gasteiger partial charge in [0, 0.05) is 11.9 Å². The summed E-state index contributed by atoms with van der Waals surface area (Å²) in [6, 6.07) is 2.20. The Morgan fingerprint density at radius 2 is 1.85 bits per heavy atom. The van der Waals surface area contributed by atoms with Crippen LogP contribution in [0.25, 0.3) is 10.9 Å². The molecule has 1 N–H and O–H groups in total. The van der Waals surface area contributed by atoms with Crippen molar-refractivity contribution in [2.45, 2.75) is 24.2 Å². The van der Waals surface area contributed by atoms with E-state index < -0.39 is 45.2 Å². The molecular formula is C16H14F4N4O2S. The number of pyridine rings is 1. The Bertz CT molecular complexity index is 1050. The van der Waals surface area contributed by atoms with Gasteiger partial charge >= 0.3 is 6.18 Å². The standard InChI is InChI=1S/C16H14F4N4O2S/c1-2-24(15(16(18,19)20)10-3-5-12(17)6-4-10)27(25,26)14-7-11-8-22-23-13(11)9-21-14/h3-9,15H,2H2,1H3,(H,22,23). The molecule has 3 aromatic rings. The molecule has 0 amide bonds. The molecule has 0 radical (unpaired) electrons. The van der Waals surface area contributed by atoms with Gasteiger partial charge in [-0.05, 0) is 23.8 Å². The van der Waals surface area contributed by atoms with E-state index in [4.69, 9.17) is 0 Å². The molecule has 0 spiro atoms. The quantitative estimate of drug-likeness (QED) is 0.664. The van der Waals surface area contributed by atoms with Gasteiger partial charge in [0.1, 0.15) is 11.9 Å². The lowest BCUT2D eigenvalue weighted by molar-refractivity contribution is -0.173. The average molecular weight is 402 g/mol. The Hall–Kier alpha value is -2.53. The van der Waals surface area contributed by atoms with Crippen molar-refractivity contribution in [2.24, 2.45) is 0 Å². The summed E-state index contributed by atoms with van der Waals surface area (Å²) in [7, 11) is -4.59. The fourth-order valence-electron chi connectivity index (χ4n) is 2.74. The van der Waals surface area contributed by atoms with Crippen molar-refractivity contribution in [3.8, 4) is 0 Å². The van der Waals surface area contributed by atoms with Crippen LogP contribution in [0, 0.1) is 5.82 Å². The molecule has 0 saturated heterocycles. The number of hydrogen-bond donors (Lipinski definition) is 1. The number of alkyl halides is 3. The van der Waals surface area contributed by atoms with Gasteiger partial charge in [0.25, 0.3) is 10.0 Å². The molecule has 11 heteroatoms. The zero-order chi connectivity index (χ0) is 19.8. The normalized spacial score (nSPS) is 14.0. The highest BCUT2D eigenvalue weighted by molar-refractivity contribution is 7.89. The predicted molar refractivity (Wildman–Crippen MR) is 88.7 cm³/mol. The number of hydrogen-bond acceptors (Lipinski definition) is 4. The molecule has 27 heavy (non-hydrogen) atoms. The van der Waals surface area contributed by atoms with Crippen molar-refractivity contribution < 1.29 is 26.0 Å². The first-order valence-corrected chi connectivity index (χ1v) is 9.21. The second kappa shape index (κ2) is 6.89. The van der Waals surface area contributed by atoms with Crippen LogP contribution in [0.4, 0.5) is 17.6 Å². The van der Waals surface area contributed by atoms with E-state index in [0.29, 0.717) is 15.2 Å². The highest BCUT2D eigenvalue weighted by Crippen LogP contribution is 2.40. The third kappa shape index (κ3) is 3.65. The van der Waals surface area contributed by atoms with Crippen LogP contribution < -0.4 is 0 Å². The Balaban J connectivity index is 2.11. The van der Waals surface area contributed by atoms with Crippen LogP contribution >= 0.6 is 0 Å². The first-order valence-electron chi connectivity index (χ1n) is 7.77. The van der Waals surface area contributed by atoms with Gasteiger partial charge in [-0.25, -0.2) is 17.8 Å². The maximum absolute atomic E-state index is 13.8. The minimum Gasteiger partial charge on any atom is -0.276 e. The van der Waals surface area contributed by atoms with E-state index in [2.05, 4.69) is 15.2 Å². The van der Waals surface area contributed by atoms with Gasteiger partial charge in [0.2, 0.25) is 0 Å². The molecule has 3 rings (SSSR count). The Labute approximate surface area is 151 Å². The smallest absolute Gasteiger partial charge is 0.276 e. The van der Waals surface area contributed by atoms with Crippen molar-refractivity contribution in [2.75, 3.05) is 6.54 Å². The van der Waals surface area contributed by atoms with E-state index in [1.165, 1.54) is 19.3 Å². The Kier molecular flexibility index (Phi) is 4.91. The number of fused-ring (bicyclic) bond motifs is 1. The number of aromatic nitrogens is 3. The lowest BCUT2D eigenvalue weighted by Gasteiger charge is -2.31. The lowest BCUT2D eigenvalue weighted by Crippen LogP contribution is -2.42. The number of nitrogens with zero attached hydrogens (tertiary/aromatic N) is 3. The van der Waals surface area contributed by atoms with Gasteiger partial charge in [-0.15, -0.1) is 0 Å². The van der Waals surface area contributed by atoms with Crippen LogP contribution in [0.2, 0.25) is 0 Å². The molecule has 2 aromatic heterocycles. The number of aromatic amines is 1. The molecule has 6 nitrogen and oxygen atoms in total. The van der Waals surface area contributed by atoms with E-state index in [1.54, 1.807) is 0 Å². The second-order valence-electron chi connectivity index (χ2n) is 5.68. The van der Waals surface area contributed by atoms with Crippen LogP contribution in [-0.2, 0) is 10.0 Å². The van der Waals surface area contributed by atoms with Gasteiger partial charge < -0.3 is 0 Å². The molecule has 0 aliphatic rings. The van der Waals surface area contributed by atoms with Gasteiger partial charge in [0.05, 0.1) is 17.9 Å². The summed E-state index contributed by atoms with van der Waals surface area (Å²) in [4.78, 5) is 3.76. The van der Waals surface area contributed by atoms with Gasteiger partial charge in [0.15, 0.2) is 5.03 Å². The zero-order valence-corrected chi connectivity index (χ0v) is 14.7. The van der Waals surface area contributed by atoms with E-state index in [1.807, 2.05) is 0 Å². The van der Waals surface area contributed by atoms with Gasteiger partial charge in [-0.2, -0.15) is 22.6 Å². The highest BCUT2D eigenvalue weighted by atomic mass is 32.2. The molecule has 0 saturated carbocycles. The first kappa shape index (κ1) is 19.2. The largest absolute Gasteiger partial charge is 0.409 e. The maximum Gasteiger partial charge on any atom is 0.409 e. The summed E-state index contributed by atoms with van der Waals surface area (Å²) < 4.78 is 80.5. The molecule has 144 valence electrons. The topological polar surface area (TPSA) is 79.0 Å². The third-order valence-electron chi connectivity index (χ3n) is 3.97. The minimum atomic E-state index is -4.92. The van der Waals surface area contributed by atoms with Crippen molar-refractivity contribution in [1.82, 2.24) is 19.5 Å². The summed E-state index contributed by atoms with van der Waals surface area (Å²) >= 11 is 0. The van der Waals surface area contributed by atoms with Crippen LogP contribution in [-0.4, -0.2) is 40.6 Å². The molecule has 1 aromatic carbocycles. The van der Waals surface area contributed by atoms with Crippen LogP contribution in [0.5, 0.6) is 0 Å². The Morgan fingerprint density at radius 3 is 2.44 bits per heavy atom. The predicted octanol–water partition coefficient (Wildman–Crippen LogP) is 3.41. The van der Waals surface area contributed by atoms with Crippen LogP contribution in [0.3, 0.4) is 0 Å². The fraction of sp³-hybridized carbons (Fsp3) is 0.250. The van der Waals surface area contributed by atoms with Gasteiger partial charge in [-0.3, -0.25) is 5.10 Å². The fourth-order valence-corrected chi connectivity index (χ4v) is 4.30. The monoisotopic (exact) mass is 402 g/mol. The molecule has 0 bridgehead atoms. The minimum absolute atomic E-state index is 0.300. The summed E-state index contributed by atoms with van der Waals surface area (Å²) in [5, 5.41) is 6.17. The SMILES string of the molecule is CCN(C(c1ccc(F)cc1)C(F)(F)F)S(=O)(=O)c1cc2cn[nH]c2cn1. The number of rotatable bonds is 5. The maximum atomic E-state index is 13.8. The molecule has 1 atom stereocenters. The van der Waals surface area contributed by atoms with Crippen molar-refractivity contribution in [3.05, 3.63) is 54.1 Å². The average Bonchev–Trinajstić information content (AvgIpc) is 3.07. The van der Waals surface area contributed by atoms with Crippen molar-refractivity contribution >= 4 is 20.9 Å². The number of sulfonamides is 1. The third-order valence-corrected chi connectivity index (χ3v) is 5.81. The summed E-state index contributed by atoms with van der Waals surface area (Å²) in [5.41, 5.74) is 0.0571. The highest BCUT2D eigenvalue weighted by Gasteiger charge is 2.49. The number of benzene rings is 1. The summed E-state index contributed by atoms with van der Waals surface area (Å²) in [5.74, 6) is -0.724. The lowest BCUT2D eigenvalue weighted by atomic mass is 10.1. The van der Waals surface area contributed by atoms with Gasteiger partial charge in [-0.1, -0.05) is 19.1 Å². The van der Waals surface area contributed by atoms with Crippen molar-refractivity contribution in [3.63, 3.8) is 0 Å². The molecular weight excluding hydrogens is 388 g/mol. The van der Waals surface area contributed by atoms with Crippen molar-refractivity contribution in [1.29, 1.82) is 0 Å². The van der Waals surface area contributed by atoms with Crippen LogP contribution in [0.1, 0.15) is 18.5 Å². The molecule has 0 aliphatic heterocycles. The van der Waals surface area contributed by atoms with E-state index in [9.17, 15) is 26.0 Å². The van der Waals surface area contributed by atoms with E-state index >= 15 is 0 Å². The molecule has 2 heterocycles. The number of H-pyrrole nitrogens is 1. The van der Waals surface area contributed by atoms with E-state index in [0.717, 1.165) is 30.3 Å². The van der Waals surface area contributed by atoms with E-state index in [-0.39, 0.29) is 0 Å². The molecule has 0 fully saturated rings. The number of halogens is 4. The van der Waals surface area contributed by atoms with Crippen LogP contribution in [0.15, 0.2) is 47.8 Å². The second-order valence-corrected chi connectivity index (χ2v) is 7.52. The summed E-state index contributed by atoms with van der Waals surface area (Å²) in [6.45, 7) is 0.825. The molecule has 1 unspecified atom stereocenters. The summed E-state index contributed by atoms with van der Waals surface area (Å²) in [6.07, 6.45) is -2.39. The number of nitrogens with one attached hydrogen (secondary N) is 1.